The topological polar surface area (TPSA) is 21.7 Å². The summed E-state index contributed by atoms with van der Waals surface area (Å²) in [4.78, 5) is 2.48. The van der Waals surface area contributed by atoms with Gasteiger partial charge >= 0.3 is 0 Å². The number of morpholine rings is 1. The van der Waals surface area contributed by atoms with Gasteiger partial charge in [0.2, 0.25) is 0 Å². The molecule has 0 amide bonds. The minimum Gasteiger partial charge on any atom is -0.457 e. The van der Waals surface area contributed by atoms with Gasteiger partial charge in [-0.1, -0.05) is 35.9 Å². The van der Waals surface area contributed by atoms with Crippen LogP contribution in [0, 0.1) is 0 Å². The fraction of sp³-hybridized carbons (Fsp3) is 0.368. The molecular weight excluding hydrogens is 342 g/mol. The zero-order valence-electron chi connectivity index (χ0n) is 13.4. The Labute approximate surface area is 151 Å². The van der Waals surface area contributed by atoms with Crippen LogP contribution in [0.25, 0.3) is 0 Å². The Bertz CT molecular complexity index is 718. The average Bonchev–Trinajstić information content (AvgIpc) is 2.62. The van der Waals surface area contributed by atoms with Crippen molar-refractivity contribution in [3.63, 3.8) is 0 Å². The van der Waals surface area contributed by atoms with E-state index in [0.717, 1.165) is 50.1 Å². The summed E-state index contributed by atoms with van der Waals surface area (Å²) in [7, 11) is 0. The van der Waals surface area contributed by atoms with Gasteiger partial charge < -0.3 is 9.47 Å². The molecule has 2 aromatic carbocycles. The SMILES string of the molecule is Clc1ccc2c(c1)Oc1ccccc1C2SCCN1CCOCC1. The number of halogens is 1. The molecule has 0 N–H and O–H groups in total. The lowest BCUT2D eigenvalue weighted by atomic mass is 10.00. The van der Waals surface area contributed by atoms with Crippen LogP contribution in [0.15, 0.2) is 42.5 Å². The van der Waals surface area contributed by atoms with Crippen LogP contribution in [0.2, 0.25) is 5.02 Å². The van der Waals surface area contributed by atoms with Gasteiger partial charge in [-0.2, -0.15) is 0 Å². The highest BCUT2D eigenvalue weighted by molar-refractivity contribution is 7.99. The highest BCUT2D eigenvalue weighted by atomic mass is 35.5. The smallest absolute Gasteiger partial charge is 0.133 e. The molecule has 24 heavy (non-hydrogen) atoms. The van der Waals surface area contributed by atoms with Crippen LogP contribution in [0.1, 0.15) is 16.4 Å². The summed E-state index contributed by atoms with van der Waals surface area (Å²) in [5.74, 6) is 2.90. The van der Waals surface area contributed by atoms with E-state index in [-0.39, 0.29) is 0 Å². The minimum atomic E-state index is 0.295. The molecule has 4 rings (SSSR count). The first-order valence-corrected chi connectivity index (χ1v) is 9.72. The Morgan fingerprint density at radius 1 is 1.04 bits per heavy atom. The summed E-state index contributed by atoms with van der Waals surface area (Å²) >= 11 is 8.13. The molecule has 0 spiro atoms. The van der Waals surface area contributed by atoms with E-state index in [9.17, 15) is 0 Å². The fourth-order valence-corrected chi connectivity index (χ4v) is 4.70. The summed E-state index contributed by atoms with van der Waals surface area (Å²) in [6, 6.07) is 14.3. The third kappa shape index (κ3) is 3.42. The van der Waals surface area contributed by atoms with Gasteiger partial charge in [0.25, 0.3) is 0 Å². The third-order valence-corrected chi connectivity index (χ3v) is 5.97. The van der Waals surface area contributed by atoms with Crippen molar-refractivity contribution in [2.24, 2.45) is 0 Å². The third-order valence-electron chi connectivity index (χ3n) is 4.48. The van der Waals surface area contributed by atoms with Crippen LogP contribution in [0.4, 0.5) is 0 Å². The number of hydrogen-bond acceptors (Lipinski definition) is 4. The number of rotatable bonds is 4. The van der Waals surface area contributed by atoms with Gasteiger partial charge in [0.05, 0.1) is 18.5 Å². The molecule has 1 fully saturated rings. The van der Waals surface area contributed by atoms with E-state index < -0.39 is 0 Å². The summed E-state index contributed by atoms with van der Waals surface area (Å²) in [6.45, 7) is 4.88. The minimum absolute atomic E-state index is 0.295. The standard InChI is InChI=1S/C19H20ClNO2S/c20-14-5-6-16-18(13-14)23-17-4-2-1-3-15(17)19(16)24-12-9-21-7-10-22-11-8-21/h1-6,13,19H,7-12H2. The van der Waals surface area contributed by atoms with Gasteiger partial charge in [0.1, 0.15) is 11.5 Å². The summed E-state index contributed by atoms with van der Waals surface area (Å²) in [5, 5.41) is 1.01. The predicted octanol–water partition coefficient (Wildman–Crippen LogP) is 4.60. The van der Waals surface area contributed by atoms with E-state index in [2.05, 4.69) is 23.1 Å². The van der Waals surface area contributed by atoms with Crippen LogP contribution in [0.3, 0.4) is 0 Å². The molecule has 3 nitrogen and oxygen atoms in total. The van der Waals surface area contributed by atoms with Crippen molar-refractivity contribution < 1.29 is 9.47 Å². The number of ether oxygens (including phenoxy) is 2. The van der Waals surface area contributed by atoms with E-state index in [1.807, 2.05) is 36.0 Å². The lowest BCUT2D eigenvalue weighted by molar-refractivity contribution is 0.0410. The highest BCUT2D eigenvalue weighted by Crippen LogP contribution is 2.49. The molecule has 0 radical (unpaired) electrons. The quantitative estimate of drug-likeness (QED) is 0.793. The molecule has 0 saturated carbocycles. The van der Waals surface area contributed by atoms with Gasteiger partial charge in [-0.15, -0.1) is 11.8 Å². The van der Waals surface area contributed by atoms with Crippen LogP contribution >= 0.6 is 23.4 Å². The summed E-state index contributed by atoms with van der Waals surface area (Å²) in [5.41, 5.74) is 2.46. The molecule has 5 heteroatoms. The van der Waals surface area contributed by atoms with Gasteiger partial charge in [-0.25, -0.2) is 0 Å². The largest absolute Gasteiger partial charge is 0.457 e. The van der Waals surface area contributed by atoms with E-state index in [4.69, 9.17) is 21.1 Å². The molecule has 0 aromatic heterocycles. The van der Waals surface area contributed by atoms with Crippen molar-refractivity contribution in [1.82, 2.24) is 4.90 Å². The van der Waals surface area contributed by atoms with Crippen molar-refractivity contribution in [1.29, 1.82) is 0 Å². The Kier molecular flexibility index (Phi) is 4.99. The first-order valence-electron chi connectivity index (χ1n) is 8.29. The summed E-state index contributed by atoms with van der Waals surface area (Å²) in [6.07, 6.45) is 0. The van der Waals surface area contributed by atoms with Crippen LogP contribution in [-0.4, -0.2) is 43.5 Å². The highest BCUT2D eigenvalue weighted by Gasteiger charge is 2.27. The molecule has 0 bridgehead atoms. The van der Waals surface area contributed by atoms with E-state index in [1.54, 1.807) is 0 Å². The van der Waals surface area contributed by atoms with Crippen molar-refractivity contribution in [3.8, 4) is 11.5 Å². The second kappa shape index (κ2) is 7.36. The van der Waals surface area contributed by atoms with Crippen molar-refractivity contribution >= 4 is 23.4 Å². The van der Waals surface area contributed by atoms with Gasteiger partial charge in [-0.05, 0) is 18.2 Å². The van der Waals surface area contributed by atoms with Crippen molar-refractivity contribution in [2.45, 2.75) is 5.25 Å². The maximum Gasteiger partial charge on any atom is 0.133 e. The number of hydrogen-bond donors (Lipinski definition) is 0. The number of para-hydroxylation sites is 1. The zero-order valence-corrected chi connectivity index (χ0v) is 15.0. The first kappa shape index (κ1) is 16.3. The van der Waals surface area contributed by atoms with Gasteiger partial charge in [0, 0.05) is 41.5 Å². The van der Waals surface area contributed by atoms with Crippen LogP contribution in [-0.2, 0) is 4.74 Å². The van der Waals surface area contributed by atoms with Gasteiger partial charge in [0.15, 0.2) is 0 Å². The molecule has 2 aliphatic heterocycles. The zero-order chi connectivity index (χ0) is 16.4. The summed E-state index contributed by atoms with van der Waals surface area (Å²) < 4.78 is 11.5. The molecular formula is C19H20ClNO2S. The Morgan fingerprint density at radius 3 is 2.71 bits per heavy atom. The Balaban J connectivity index is 1.53. The second-order valence-electron chi connectivity index (χ2n) is 6.03. The molecule has 1 unspecified atom stereocenters. The number of benzene rings is 2. The van der Waals surface area contributed by atoms with Gasteiger partial charge in [-0.3, -0.25) is 4.90 Å². The Hall–Kier alpha value is -1.20. The van der Waals surface area contributed by atoms with E-state index in [0.29, 0.717) is 10.3 Å². The Morgan fingerprint density at radius 2 is 1.83 bits per heavy atom. The second-order valence-corrected chi connectivity index (χ2v) is 7.68. The molecule has 1 atom stereocenters. The molecule has 2 heterocycles. The maximum absolute atomic E-state index is 6.15. The maximum atomic E-state index is 6.15. The monoisotopic (exact) mass is 361 g/mol. The molecule has 0 aliphatic carbocycles. The van der Waals surface area contributed by atoms with E-state index >= 15 is 0 Å². The first-order chi connectivity index (χ1) is 11.8. The molecule has 2 aromatic rings. The lowest BCUT2D eigenvalue weighted by Gasteiger charge is -2.30. The fourth-order valence-electron chi connectivity index (χ4n) is 3.19. The number of thioether (sulfide) groups is 1. The molecule has 126 valence electrons. The molecule has 1 saturated heterocycles. The average molecular weight is 362 g/mol. The van der Waals surface area contributed by atoms with Crippen molar-refractivity contribution in [3.05, 3.63) is 58.6 Å². The van der Waals surface area contributed by atoms with Crippen LogP contribution < -0.4 is 4.74 Å². The normalized spacial score (nSPS) is 20.1. The predicted molar refractivity (Wildman–Crippen MR) is 99.5 cm³/mol. The molecule has 2 aliphatic rings. The van der Waals surface area contributed by atoms with Crippen LogP contribution in [0.5, 0.6) is 11.5 Å². The number of nitrogens with zero attached hydrogens (tertiary/aromatic N) is 1. The van der Waals surface area contributed by atoms with E-state index in [1.165, 1.54) is 11.1 Å². The lowest BCUT2D eigenvalue weighted by Crippen LogP contribution is -2.37. The van der Waals surface area contributed by atoms with Crippen molar-refractivity contribution in [2.75, 3.05) is 38.6 Å². The number of fused-ring (bicyclic) bond motifs is 2.